The third-order valence-electron chi connectivity index (χ3n) is 6.03. The summed E-state index contributed by atoms with van der Waals surface area (Å²) in [5.41, 5.74) is 2.94. The second kappa shape index (κ2) is 13.7. The van der Waals surface area contributed by atoms with Crippen LogP contribution in [0.3, 0.4) is 0 Å². The smallest absolute Gasteiger partial charge is 0.261 e. The highest BCUT2D eigenvalue weighted by Crippen LogP contribution is 2.22. The molecule has 3 rings (SSSR count). The van der Waals surface area contributed by atoms with E-state index in [0.717, 1.165) is 17.5 Å². The van der Waals surface area contributed by atoms with Gasteiger partial charge in [0.2, 0.25) is 5.91 Å². The van der Waals surface area contributed by atoms with Crippen LogP contribution in [0, 0.1) is 0 Å². The zero-order valence-electron chi connectivity index (χ0n) is 21.2. The second-order valence-electron chi connectivity index (χ2n) is 9.12. The van der Waals surface area contributed by atoms with Crippen molar-refractivity contribution >= 4 is 23.4 Å². The molecule has 0 saturated heterocycles. The minimum Gasteiger partial charge on any atom is -0.484 e. The molecule has 0 spiro atoms. The Bertz CT molecular complexity index is 1120. The van der Waals surface area contributed by atoms with E-state index in [1.54, 1.807) is 11.0 Å². The fraction of sp³-hybridized carbons (Fsp3) is 0.333. The number of hydrogen-bond acceptors (Lipinski definition) is 3. The van der Waals surface area contributed by atoms with E-state index in [4.69, 9.17) is 16.3 Å². The topological polar surface area (TPSA) is 58.6 Å². The van der Waals surface area contributed by atoms with Crippen LogP contribution in [0.15, 0.2) is 78.9 Å². The van der Waals surface area contributed by atoms with Gasteiger partial charge in [-0.3, -0.25) is 9.59 Å². The highest BCUT2D eigenvalue weighted by atomic mass is 35.5. The van der Waals surface area contributed by atoms with Crippen molar-refractivity contribution in [2.75, 3.05) is 13.2 Å². The number of carbonyl (C=O) groups is 2. The average Bonchev–Trinajstić information content (AvgIpc) is 2.89. The molecule has 5 nitrogen and oxygen atoms in total. The number of nitrogens with zero attached hydrogens (tertiary/aromatic N) is 1. The molecule has 3 aromatic carbocycles. The number of nitrogens with one attached hydrogen (secondary N) is 1. The predicted octanol–water partition coefficient (Wildman–Crippen LogP) is 6.01. The van der Waals surface area contributed by atoms with Crippen molar-refractivity contribution < 1.29 is 14.3 Å². The molecule has 0 aliphatic rings. The van der Waals surface area contributed by atoms with Crippen molar-refractivity contribution in [1.29, 1.82) is 0 Å². The van der Waals surface area contributed by atoms with Gasteiger partial charge < -0.3 is 15.0 Å². The van der Waals surface area contributed by atoms with Crippen LogP contribution >= 0.6 is 11.6 Å². The van der Waals surface area contributed by atoms with E-state index in [1.807, 2.05) is 79.7 Å². The normalized spacial score (nSPS) is 11.7. The lowest BCUT2D eigenvalue weighted by Gasteiger charge is -2.31. The van der Waals surface area contributed by atoms with E-state index in [-0.39, 0.29) is 25.0 Å². The molecule has 36 heavy (non-hydrogen) atoms. The SMILES string of the molecule is CCCNC(=O)[C@@H](Cc1ccccc1)N(Cc1ccccc1Cl)C(=O)COc1ccc(C(C)C)cc1. The van der Waals surface area contributed by atoms with Crippen LogP contribution in [-0.2, 0) is 22.6 Å². The molecule has 1 atom stereocenters. The van der Waals surface area contributed by atoms with Crippen molar-refractivity contribution in [3.05, 3.63) is 101 Å². The van der Waals surface area contributed by atoms with Gasteiger partial charge in [0.25, 0.3) is 5.91 Å². The van der Waals surface area contributed by atoms with Crippen molar-refractivity contribution in [2.45, 2.75) is 52.1 Å². The second-order valence-corrected chi connectivity index (χ2v) is 9.53. The summed E-state index contributed by atoms with van der Waals surface area (Å²) in [6.07, 6.45) is 1.19. The Balaban J connectivity index is 1.87. The van der Waals surface area contributed by atoms with E-state index < -0.39 is 6.04 Å². The first kappa shape index (κ1) is 27.3. The molecule has 3 aromatic rings. The number of rotatable bonds is 12. The van der Waals surface area contributed by atoms with E-state index >= 15 is 0 Å². The maximum atomic E-state index is 13.6. The Labute approximate surface area is 219 Å². The Morgan fingerprint density at radius 1 is 0.944 bits per heavy atom. The molecule has 0 heterocycles. The van der Waals surface area contributed by atoms with Crippen molar-refractivity contribution in [1.82, 2.24) is 10.2 Å². The standard InChI is InChI=1S/C30H35ClN2O3/c1-4-18-32-30(35)28(19-23-10-6-5-7-11-23)33(20-25-12-8-9-13-27(25)31)29(34)21-36-26-16-14-24(15-17-26)22(2)3/h5-17,22,28H,4,18-21H2,1-3H3,(H,32,35)/t28-/m1/s1. The Morgan fingerprint density at radius 2 is 1.61 bits per heavy atom. The molecule has 190 valence electrons. The lowest BCUT2D eigenvalue weighted by atomic mass is 10.0. The predicted molar refractivity (Wildman–Crippen MR) is 145 cm³/mol. The summed E-state index contributed by atoms with van der Waals surface area (Å²) in [6, 6.07) is 24.1. The summed E-state index contributed by atoms with van der Waals surface area (Å²) in [5, 5.41) is 3.52. The molecule has 0 unspecified atom stereocenters. The molecule has 0 radical (unpaired) electrons. The van der Waals surface area contributed by atoms with Crippen LogP contribution in [-0.4, -0.2) is 35.9 Å². The summed E-state index contributed by atoms with van der Waals surface area (Å²) in [7, 11) is 0. The summed E-state index contributed by atoms with van der Waals surface area (Å²) in [5.74, 6) is 0.547. The molecule has 0 aliphatic heterocycles. The van der Waals surface area contributed by atoms with Crippen molar-refractivity contribution in [2.24, 2.45) is 0 Å². The minimum atomic E-state index is -0.713. The molecule has 2 amide bonds. The fourth-order valence-corrected chi connectivity index (χ4v) is 4.10. The fourth-order valence-electron chi connectivity index (χ4n) is 3.91. The zero-order valence-corrected chi connectivity index (χ0v) is 22.0. The molecular formula is C30H35ClN2O3. The third kappa shape index (κ3) is 7.85. The van der Waals surface area contributed by atoms with Gasteiger partial charge in [0, 0.05) is 24.5 Å². The molecule has 0 aromatic heterocycles. The summed E-state index contributed by atoms with van der Waals surface area (Å²) >= 11 is 6.44. The Hall–Kier alpha value is -3.31. The number of ether oxygens (including phenoxy) is 1. The van der Waals surface area contributed by atoms with Gasteiger partial charge >= 0.3 is 0 Å². The van der Waals surface area contributed by atoms with Gasteiger partial charge in [0.05, 0.1) is 0 Å². The number of amides is 2. The lowest BCUT2D eigenvalue weighted by molar-refractivity contribution is -0.142. The zero-order chi connectivity index (χ0) is 25.9. The average molecular weight is 507 g/mol. The summed E-state index contributed by atoms with van der Waals surface area (Å²) in [4.78, 5) is 28.5. The monoisotopic (exact) mass is 506 g/mol. The molecular weight excluding hydrogens is 472 g/mol. The summed E-state index contributed by atoms with van der Waals surface area (Å²) < 4.78 is 5.86. The first-order chi connectivity index (χ1) is 17.4. The van der Waals surface area contributed by atoms with Crippen LogP contribution < -0.4 is 10.1 Å². The number of benzene rings is 3. The van der Waals surface area contributed by atoms with Gasteiger partial charge in [-0.1, -0.05) is 93.0 Å². The largest absolute Gasteiger partial charge is 0.484 e. The quantitative estimate of drug-likeness (QED) is 0.327. The van der Waals surface area contributed by atoms with Crippen LogP contribution in [0.25, 0.3) is 0 Å². The number of carbonyl (C=O) groups excluding carboxylic acids is 2. The molecule has 0 aliphatic carbocycles. The molecule has 6 heteroatoms. The Kier molecular flexibility index (Phi) is 10.4. The van der Waals surface area contributed by atoms with E-state index in [9.17, 15) is 9.59 Å². The maximum Gasteiger partial charge on any atom is 0.261 e. The molecule has 0 fully saturated rings. The number of hydrogen-bond donors (Lipinski definition) is 1. The van der Waals surface area contributed by atoms with Gasteiger partial charge in [-0.15, -0.1) is 0 Å². The van der Waals surface area contributed by atoms with Crippen LogP contribution in [0.5, 0.6) is 5.75 Å². The van der Waals surface area contributed by atoms with E-state index in [0.29, 0.717) is 29.7 Å². The van der Waals surface area contributed by atoms with Crippen molar-refractivity contribution in [3.8, 4) is 5.75 Å². The summed E-state index contributed by atoms with van der Waals surface area (Å²) in [6.45, 7) is 6.81. The molecule has 1 N–H and O–H groups in total. The van der Waals surface area contributed by atoms with Gasteiger partial charge in [0.1, 0.15) is 11.8 Å². The van der Waals surface area contributed by atoms with Gasteiger partial charge in [0.15, 0.2) is 6.61 Å². The first-order valence-electron chi connectivity index (χ1n) is 12.5. The van der Waals surface area contributed by atoms with Gasteiger partial charge in [-0.2, -0.15) is 0 Å². The van der Waals surface area contributed by atoms with Crippen LogP contribution in [0.2, 0.25) is 5.02 Å². The van der Waals surface area contributed by atoms with Gasteiger partial charge in [-0.05, 0) is 47.2 Å². The Morgan fingerprint density at radius 3 is 2.25 bits per heavy atom. The van der Waals surface area contributed by atoms with E-state index in [2.05, 4.69) is 19.2 Å². The third-order valence-corrected chi connectivity index (χ3v) is 6.40. The lowest BCUT2D eigenvalue weighted by Crippen LogP contribution is -2.51. The highest BCUT2D eigenvalue weighted by Gasteiger charge is 2.31. The molecule has 0 saturated carbocycles. The van der Waals surface area contributed by atoms with Gasteiger partial charge in [-0.25, -0.2) is 0 Å². The minimum absolute atomic E-state index is 0.183. The maximum absolute atomic E-state index is 13.6. The number of halogens is 1. The van der Waals surface area contributed by atoms with Crippen LogP contribution in [0.1, 0.15) is 49.8 Å². The highest BCUT2D eigenvalue weighted by molar-refractivity contribution is 6.31. The molecule has 0 bridgehead atoms. The van der Waals surface area contributed by atoms with Crippen molar-refractivity contribution in [3.63, 3.8) is 0 Å². The van der Waals surface area contributed by atoms with E-state index in [1.165, 1.54) is 5.56 Å². The van der Waals surface area contributed by atoms with Crippen LogP contribution in [0.4, 0.5) is 0 Å². The first-order valence-corrected chi connectivity index (χ1v) is 12.8.